The predicted molar refractivity (Wildman–Crippen MR) is 98.0 cm³/mol. The molecule has 2 aliphatic heterocycles. The highest BCUT2D eigenvalue weighted by Crippen LogP contribution is 2.18. The summed E-state index contributed by atoms with van der Waals surface area (Å²) in [6.45, 7) is 6.06. The number of morpholine rings is 1. The molecular formula is C17H26N8O. The molecule has 2 saturated heterocycles. The quantitative estimate of drug-likeness (QED) is 0.828. The number of nitrogens with zero attached hydrogens (tertiary/aromatic N) is 7. The van der Waals surface area contributed by atoms with E-state index in [2.05, 4.69) is 30.2 Å². The van der Waals surface area contributed by atoms with Gasteiger partial charge in [-0.15, -0.1) is 0 Å². The Kier molecular flexibility index (Phi) is 5.26. The molecule has 0 spiro atoms. The fourth-order valence-electron chi connectivity index (χ4n) is 3.53. The van der Waals surface area contributed by atoms with Crippen LogP contribution in [0.25, 0.3) is 0 Å². The first-order valence-corrected chi connectivity index (χ1v) is 9.25. The lowest BCUT2D eigenvalue weighted by Crippen LogP contribution is -2.42. The standard InChI is InChI=1S/C17H26N8O/c1-23-16(19-13-20-23)12-24-6-2-3-14(11-24)21-15-4-5-18-17(22-15)25-7-9-26-10-8-25/h4-5,13-14H,2-3,6-12H2,1H3,(H,18,21,22). The number of aromatic nitrogens is 5. The highest BCUT2D eigenvalue weighted by molar-refractivity contribution is 5.42. The zero-order chi connectivity index (χ0) is 17.8. The molecule has 2 fully saturated rings. The van der Waals surface area contributed by atoms with Gasteiger partial charge in [-0.25, -0.2) is 9.97 Å². The summed E-state index contributed by atoms with van der Waals surface area (Å²) in [4.78, 5) is 18.1. The minimum Gasteiger partial charge on any atom is -0.378 e. The second-order valence-corrected chi connectivity index (χ2v) is 6.86. The molecule has 2 aromatic rings. The van der Waals surface area contributed by atoms with Crippen molar-refractivity contribution in [2.45, 2.75) is 25.4 Å². The van der Waals surface area contributed by atoms with Crippen LogP contribution in [0.4, 0.5) is 11.8 Å². The number of ether oxygens (including phenoxy) is 1. The lowest BCUT2D eigenvalue weighted by atomic mass is 10.1. The number of rotatable bonds is 5. The molecule has 140 valence electrons. The first kappa shape index (κ1) is 17.2. The SMILES string of the molecule is Cn1ncnc1CN1CCCC(Nc2ccnc(N3CCOCC3)n2)C1. The van der Waals surface area contributed by atoms with Crippen LogP contribution in [-0.4, -0.2) is 75.1 Å². The Labute approximate surface area is 153 Å². The van der Waals surface area contributed by atoms with Gasteiger partial charge in [0.2, 0.25) is 5.95 Å². The van der Waals surface area contributed by atoms with Crippen molar-refractivity contribution in [1.82, 2.24) is 29.6 Å². The Hall–Kier alpha value is -2.26. The van der Waals surface area contributed by atoms with E-state index in [0.717, 1.165) is 76.4 Å². The molecule has 9 nitrogen and oxygen atoms in total. The van der Waals surface area contributed by atoms with Crippen LogP contribution in [0.5, 0.6) is 0 Å². The van der Waals surface area contributed by atoms with Gasteiger partial charge >= 0.3 is 0 Å². The Bertz CT molecular complexity index is 714. The number of nitrogens with one attached hydrogen (secondary N) is 1. The van der Waals surface area contributed by atoms with E-state index in [-0.39, 0.29) is 0 Å². The average molecular weight is 358 g/mol. The molecule has 4 rings (SSSR count). The number of anilines is 2. The summed E-state index contributed by atoms with van der Waals surface area (Å²) in [5.41, 5.74) is 0. The van der Waals surface area contributed by atoms with E-state index in [0.29, 0.717) is 6.04 Å². The van der Waals surface area contributed by atoms with Gasteiger partial charge in [0.05, 0.1) is 19.8 Å². The Morgan fingerprint density at radius 1 is 1.23 bits per heavy atom. The van der Waals surface area contributed by atoms with Crippen LogP contribution in [-0.2, 0) is 18.3 Å². The molecule has 0 bridgehead atoms. The van der Waals surface area contributed by atoms with E-state index in [1.807, 2.05) is 24.0 Å². The monoisotopic (exact) mass is 358 g/mol. The highest BCUT2D eigenvalue weighted by Gasteiger charge is 2.22. The minimum absolute atomic E-state index is 0.379. The number of hydrogen-bond acceptors (Lipinski definition) is 8. The van der Waals surface area contributed by atoms with Crippen molar-refractivity contribution in [2.75, 3.05) is 49.6 Å². The van der Waals surface area contributed by atoms with E-state index in [1.54, 1.807) is 6.33 Å². The summed E-state index contributed by atoms with van der Waals surface area (Å²) in [6.07, 6.45) is 5.76. The van der Waals surface area contributed by atoms with Gasteiger partial charge in [-0.3, -0.25) is 9.58 Å². The Morgan fingerprint density at radius 2 is 2.12 bits per heavy atom. The molecular weight excluding hydrogens is 332 g/mol. The Balaban J connectivity index is 1.36. The van der Waals surface area contributed by atoms with Crippen LogP contribution in [0.2, 0.25) is 0 Å². The molecule has 26 heavy (non-hydrogen) atoms. The van der Waals surface area contributed by atoms with E-state index in [9.17, 15) is 0 Å². The number of piperidine rings is 1. The third-order valence-corrected chi connectivity index (χ3v) is 4.96. The van der Waals surface area contributed by atoms with E-state index >= 15 is 0 Å². The molecule has 1 N–H and O–H groups in total. The molecule has 0 amide bonds. The molecule has 1 unspecified atom stereocenters. The van der Waals surface area contributed by atoms with Crippen LogP contribution < -0.4 is 10.2 Å². The second-order valence-electron chi connectivity index (χ2n) is 6.86. The smallest absolute Gasteiger partial charge is 0.227 e. The molecule has 0 aliphatic carbocycles. The fourth-order valence-corrected chi connectivity index (χ4v) is 3.53. The topological polar surface area (TPSA) is 84.2 Å². The van der Waals surface area contributed by atoms with Crippen molar-refractivity contribution in [3.63, 3.8) is 0 Å². The molecule has 2 aromatic heterocycles. The van der Waals surface area contributed by atoms with Crippen molar-refractivity contribution in [3.8, 4) is 0 Å². The molecule has 1 atom stereocenters. The number of hydrogen-bond donors (Lipinski definition) is 1. The first-order chi connectivity index (χ1) is 12.8. The summed E-state index contributed by atoms with van der Waals surface area (Å²) in [6, 6.07) is 2.33. The second kappa shape index (κ2) is 7.96. The zero-order valence-electron chi connectivity index (χ0n) is 15.2. The third kappa shape index (κ3) is 4.10. The van der Waals surface area contributed by atoms with Gasteiger partial charge in [-0.1, -0.05) is 0 Å². The van der Waals surface area contributed by atoms with E-state index in [1.165, 1.54) is 0 Å². The Morgan fingerprint density at radius 3 is 2.92 bits per heavy atom. The van der Waals surface area contributed by atoms with Crippen molar-refractivity contribution < 1.29 is 4.74 Å². The maximum atomic E-state index is 5.41. The van der Waals surface area contributed by atoms with E-state index in [4.69, 9.17) is 9.72 Å². The normalized spacial score (nSPS) is 21.7. The summed E-state index contributed by atoms with van der Waals surface area (Å²) < 4.78 is 7.25. The highest BCUT2D eigenvalue weighted by atomic mass is 16.5. The summed E-state index contributed by atoms with van der Waals surface area (Å²) in [5, 5.41) is 7.75. The van der Waals surface area contributed by atoms with Gasteiger partial charge in [0.1, 0.15) is 18.0 Å². The molecule has 0 radical (unpaired) electrons. The van der Waals surface area contributed by atoms with Crippen molar-refractivity contribution in [1.29, 1.82) is 0 Å². The zero-order valence-corrected chi connectivity index (χ0v) is 15.2. The predicted octanol–water partition coefficient (Wildman–Crippen LogP) is 0.518. The van der Waals surface area contributed by atoms with Crippen LogP contribution in [0, 0.1) is 0 Å². The molecule has 2 aliphatic rings. The lowest BCUT2D eigenvalue weighted by Gasteiger charge is -2.33. The third-order valence-electron chi connectivity index (χ3n) is 4.96. The minimum atomic E-state index is 0.379. The average Bonchev–Trinajstić information content (AvgIpc) is 3.08. The lowest BCUT2D eigenvalue weighted by molar-refractivity contribution is 0.122. The molecule has 0 aromatic carbocycles. The van der Waals surface area contributed by atoms with Crippen molar-refractivity contribution in [2.24, 2.45) is 7.05 Å². The van der Waals surface area contributed by atoms with Crippen LogP contribution in [0.15, 0.2) is 18.6 Å². The summed E-state index contributed by atoms with van der Waals surface area (Å²) in [5.74, 6) is 2.68. The van der Waals surface area contributed by atoms with Gasteiger partial charge in [-0.05, 0) is 25.5 Å². The largest absolute Gasteiger partial charge is 0.378 e. The fraction of sp³-hybridized carbons (Fsp3) is 0.647. The number of likely N-dealkylation sites (tertiary alicyclic amines) is 1. The maximum absolute atomic E-state index is 5.41. The van der Waals surface area contributed by atoms with Crippen LogP contribution in [0.3, 0.4) is 0 Å². The molecule has 4 heterocycles. The van der Waals surface area contributed by atoms with Crippen LogP contribution >= 0.6 is 0 Å². The van der Waals surface area contributed by atoms with E-state index < -0.39 is 0 Å². The maximum Gasteiger partial charge on any atom is 0.227 e. The number of aryl methyl sites for hydroxylation is 1. The summed E-state index contributed by atoms with van der Waals surface area (Å²) in [7, 11) is 1.94. The van der Waals surface area contributed by atoms with Crippen molar-refractivity contribution in [3.05, 3.63) is 24.4 Å². The van der Waals surface area contributed by atoms with Gasteiger partial charge in [0, 0.05) is 38.9 Å². The van der Waals surface area contributed by atoms with Gasteiger partial charge in [0.15, 0.2) is 0 Å². The van der Waals surface area contributed by atoms with Gasteiger partial charge in [0.25, 0.3) is 0 Å². The van der Waals surface area contributed by atoms with Gasteiger partial charge < -0.3 is 15.0 Å². The van der Waals surface area contributed by atoms with Crippen molar-refractivity contribution >= 4 is 11.8 Å². The van der Waals surface area contributed by atoms with Crippen LogP contribution in [0.1, 0.15) is 18.7 Å². The van der Waals surface area contributed by atoms with Gasteiger partial charge in [-0.2, -0.15) is 10.1 Å². The molecule has 9 heteroatoms. The molecule has 0 saturated carbocycles. The first-order valence-electron chi connectivity index (χ1n) is 9.25. The summed E-state index contributed by atoms with van der Waals surface area (Å²) >= 11 is 0.